The van der Waals surface area contributed by atoms with Crippen LogP contribution in [-0.4, -0.2) is 82.5 Å². The van der Waals surface area contributed by atoms with Gasteiger partial charge in [0.05, 0.1) is 37.2 Å². The van der Waals surface area contributed by atoms with Gasteiger partial charge >= 0.3 is 0 Å². The summed E-state index contributed by atoms with van der Waals surface area (Å²) in [5.74, 6) is 0.871. The Labute approximate surface area is 356 Å². The van der Waals surface area contributed by atoms with E-state index in [4.69, 9.17) is 14.6 Å². The lowest BCUT2D eigenvalue weighted by molar-refractivity contribution is -0.171. The lowest BCUT2D eigenvalue weighted by Crippen LogP contribution is -2.57. The van der Waals surface area contributed by atoms with E-state index in [1.807, 2.05) is 75.6 Å². The maximum Gasteiger partial charge on any atom is 0.263 e. The minimum absolute atomic E-state index is 0.0539. The van der Waals surface area contributed by atoms with E-state index in [9.17, 15) is 9.59 Å². The molecule has 1 saturated carbocycles. The van der Waals surface area contributed by atoms with Gasteiger partial charge in [0.15, 0.2) is 0 Å². The van der Waals surface area contributed by atoms with Gasteiger partial charge in [-0.2, -0.15) is 0 Å². The number of imidazole rings is 1. The van der Waals surface area contributed by atoms with Crippen LogP contribution in [0.4, 0.5) is 5.69 Å². The van der Waals surface area contributed by atoms with Gasteiger partial charge in [-0.15, -0.1) is 0 Å². The first-order chi connectivity index (χ1) is 29.0. The number of hydrogen-bond donors (Lipinski definition) is 2. The Morgan fingerprint density at radius 1 is 0.817 bits per heavy atom. The number of hydroxylamine groups is 2. The molecule has 2 fully saturated rings. The highest BCUT2D eigenvalue weighted by Crippen LogP contribution is 2.41. The van der Waals surface area contributed by atoms with Crippen molar-refractivity contribution in [2.24, 2.45) is 11.8 Å². The lowest BCUT2D eigenvalue weighted by Gasteiger charge is -2.47. The number of amides is 2. The third-order valence-corrected chi connectivity index (χ3v) is 12.3. The van der Waals surface area contributed by atoms with Crippen molar-refractivity contribution >= 4 is 17.5 Å². The fourth-order valence-corrected chi connectivity index (χ4v) is 9.44. The molecule has 0 radical (unpaired) electrons. The molecule has 60 heavy (non-hydrogen) atoms. The van der Waals surface area contributed by atoms with Crippen molar-refractivity contribution in [1.29, 1.82) is 0 Å². The molecule has 2 heterocycles. The summed E-state index contributed by atoms with van der Waals surface area (Å²) in [4.78, 5) is 41.1. The fourth-order valence-electron chi connectivity index (χ4n) is 9.44. The molecule has 5 atom stereocenters. The van der Waals surface area contributed by atoms with Crippen LogP contribution in [0, 0.1) is 11.8 Å². The smallest absolute Gasteiger partial charge is 0.263 e. The monoisotopic (exact) mass is 810 g/mol. The van der Waals surface area contributed by atoms with Crippen molar-refractivity contribution in [3.8, 4) is 0 Å². The van der Waals surface area contributed by atoms with Crippen LogP contribution in [-0.2, 0) is 31.1 Å². The predicted molar refractivity (Wildman–Crippen MR) is 237 cm³/mol. The summed E-state index contributed by atoms with van der Waals surface area (Å²) in [5, 5.41) is 8.40. The summed E-state index contributed by atoms with van der Waals surface area (Å²) < 4.78 is 8.62. The lowest BCUT2D eigenvalue weighted by atomic mass is 9.72. The highest BCUT2D eigenvalue weighted by molar-refractivity contribution is 5.81. The first-order valence-electron chi connectivity index (χ1n) is 21.6. The van der Waals surface area contributed by atoms with Crippen molar-refractivity contribution in [3.63, 3.8) is 0 Å². The summed E-state index contributed by atoms with van der Waals surface area (Å²) >= 11 is 0. The number of ether oxygens (including phenoxy) is 1. The second-order valence-corrected chi connectivity index (χ2v) is 17.4. The number of benzene rings is 4. The minimum Gasteiger partial charge on any atom is -0.360 e. The molecule has 1 aliphatic heterocycles. The number of carbonyl (C=O) groups excluding carboxylic acids is 2. The average Bonchev–Trinajstić information content (AvgIpc) is 3.74. The van der Waals surface area contributed by atoms with Crippen LogP contribution < -0.4 is 10.6 Å². The van der Waals surface area contributed by atoms with E-state index in [1.165, 1.54) is 31.4 Å². The van der Waals surface area contributed by atoms with Crippen LogP contribution in [0.2, 0.25) is 0 Å². The number of nitrogens with zero attached hydrogens (tertiary/aromatic N) is 4. The predicted octanol–water partition coefficient (Wildman–Crippen LogP) is 8.29. The zero-order valence-electron chi connectivity index (χ0n) is 35.9. The topological polar surface area (TPSA) is 101 Å². The van der Waals surface area contributed by atoms with Gasteiger partial charge < -0.3 is 24.8 Å². The molecule has 4 aromatic carbocycles. The average molecular weight is 811 g/mol. The molecule has 1 saturated heterocycles. The Morgan fingerprint density at radius 3 is 1.92 bits per heavy atom. The largest absolute Gasteiger partial charge is 0.360 e. The molecule has 2 N–H and O–H groups in total. The molecule has 0 spiro atoms. The number of hydrogen-bond acceptors (Lipinski definition) is 7. The van der Waals surface area contributed by atoms with E-state index in [-0.39, 0.29) is 24.3 Å². The maximum atomic E-state index is 14.5. The number of anilines is 1. The van der Waals surface area contributed by atoms with E-state index in [1.54, 1.807) is 7.05 Å². The van der Waals surface area contributed by atoms with E-state index in [0.29, 0.717) is 31.3 Å². The summed E-state index contributed by atoms with van der Waals surface area (Å²) in [6.45, 7) is 7.21. The first-order valence-corrected chi connectivity index (χ1v) is 21.6. The van der Waals surface area contributed by atoms with Gasteiger partial charge in [-0.05, 0) is 74.3 Å². The first kappa shape index (κ1) is 42.8. The van der Waals surface area contributed by atoms with Crippen molar-refractivity contribution < 1.29 is 19.2 Å². The van der Waals surface area contributed by atoms with Crippen molar-refractivity contribution in [2.45, 2.75) is 95.2 Å². The normalized spacial score (nSPS) is 19.2. The quantitative estimate of drug-likeness (QED) is 0.0588. The van der Waals surface area contributed by atoms with Crippen LogP contribution in [0.1, 0.15) is 81.7 Å². The number of likely N-dealkylation sites (N-methyl/N-ethyl adjacent to an activating group) is 1. The molecule has 2 unspecified atom stereocenters. The summed E-state index contributed by atoms with van der Waals surface area (Å²) in [6, 6.07) is 40.6. The van der Waals surface area contributed by atoms with Crippen molar-refractivity contribution in [2.75, 3.05) is 32.6 Å². The van der Waals surface area contributed by atoms with E-state index in [2.05, 4.69) is 99.1 Å². The molecule has 2 aliphatic rings. The molecular formula is C50H62N6O4. The molecule has 0 bridgehead atoms. The Bertz CT molecular complexity index is 2010. The Kier molecular flexibility index (Phi) is 13.8. The zero-order valence-corrected chi connectivity index (χ0v) is 35.9. The second kappa shape index (κ2) is 19.4. The van der Waals surface area contributed by atoms with Crippen LogP contribution in [0.15, 0.2) is 134 Å². The number of rotatable bonds is 16. The number of carbonyl (C=O) groups is 2. The Morgan fingerprint density at radius 2 is 1.37 bits per heavy atom. The number of aromatic nitrogens is 2. The molecule has 2 amide bonds. The van der Waals surface area contributed by atoms with Gasteiger partial charge in [0.2, 0.25) is 5.91 Å². The van der Waals surface area contributed by atoms with E-state index in [0.717, 1.165) is 40.9 Å². The van der Waals surface area contributed by atoms with Crippen LogP contribution in [0.5, 0.6) is 0 Å². The Hall–Kier alpha value is -5.29. The number of nitrogens with one attached hydrogen (secondary N) is 2. The van der Waals surface area contributed by atoms with Gasteiger partial charge in [-0.3, -0.25) is 14.4 Å². The van der Waals surface area contributed by atoms with Crippen LogP contribution >= 0.6 is 0 Å². The molecule has 10 heteroatoms. The van der Waals surface area contributed by atoms with Gasteiger partial charge in [-0.1, -0.05) is 128 Å². The highest BCUT2D eigenvalue weighted by Gasteiger charge is 2.41. The standard InChI is InChI=1S/C50H62N6O4/c1-49(2,3)60-46(53-42-28-16-9-17-29-42)32-47(57)56-34-38-21-19-18-20-37(38)30-44(56)33-51-45(48(58)54(4)59-5)31-43-35-55(36-52-43)50(39-22-10-6-11-23-39,40-24-12-7-13-25-40)41-26-14-8-15-27-41/h6-17,22-29,35-38,44-46,51,53H,18-21,30-34H2,1-5H3/t37-,38-,44+,45?,46?/m1/s1. The molecule has 7 rings (SSSR count). The third-order valence-electron chi connectivity index (χ3n) is 12.3. The fraction of sp³-hybridized carbons (Fsp3) is 0.420. The van der Waals surface area contributed by atoms with Crippen LogP contribution in [0.3, 0.4) is 0 Å². The number of piperidine rings is 1. The third kappa shape index (κ3) is 10.0. The van der Waals surface area contributed by atoms with Gasteiger partial charge in [0.25, 0.3) is 5.91 Å². The Balaban J connectivity index is 1.17. The molecular weight excluding hydrogens is 749 g/mol. The van der Waals surface area contributed by atoms with Crippen LogP contribution in [0.25, 0.3) is 0 Å². The maximum absolute atomic E-state index is 14.5. The summed E-state index contributed by atoms with van der Waals surface area (Å²) in [5.41, 5.74) is 3.75. The summed E-state index contributed by atoms with van der Waals surface area (Å²) in [6.07, 6.45) is 9.58. The van der Waals surface area contributed by atoms with E-state index < -0.39 is 23.4 Å². The number of para-hydroxylation sites is 1. The van der Waals surface area contributed by atoms with E-state index >= 15 is 0 Å². The van der Waals surface area contributed by atoms with Gasteiger partial charge in [0.1, 0.15) is 11.8 Å². The highest BCUT2D eigenvalue weighted by atomic mass is 16.7. The zero-order chi connectivity index (χ0) is 42.1. The minimum atomic E-state index is -0.727. The van der Waals surface area contributed by atoms with Crippen molar-refractivity contribution in [1.82, 2.24) is 24.8 Å². The summed E-state index contributed by atoms with van der Waals surface area (Å²) in [7, 11) is 3.14. The molecule has 1 aliphatic carbocycles. The number of likely N-dealkylation sites (tertiary alicyclic amines) is 1. The molecule has 5 aromatic rings. The molecule has 1 aromatic heterocycles. The van der Waals surface area contributed by atoms with Gasteiger partial charge in [0, 0.05) is 44.5 Å². The molecule has 316 valence electrons. The SMILES string of the molecule is CON(C)C(=O)C(Cc1cn(C(c2ccccc2)(c2ccccc2)c2ccccc2)cn1)NC[C@@H]1C[C@H]2CCCC[C@@H]2CN1C(=O)CC(Nc1ccccc1)OC(C)(C)C. The van der Waals surface area contributed by atoms with Gasteiger partial charge in [-0.25, -0.2) is 10.0 Å². The van der Waals surface area contributed by atoms with Crippen molar-refractivity contribution in [3.05, 3.63) is 156 Å². The second-order valence-electron chi connectivity index (χ2n) is 17.4. The molecule has 10 nitrogen and oxygen atoms in total. The number of fused-ring (bicyclic) bond motifs is 1.